The molecule has 12 heavy (non-hydrogen) atoms. The molecule has 0 aromatic heterocycles. The molecule has 1 unspecified atom stereocenters. The smallest absolute Gasteiger partial charge is 0.121 e. The van der Waals surface area contributed by atoms with Gasteiger partial charge in [0.1, 0.15) is 5.94 Å². The lowest BCUT2D eigenvalue weighted by molar-refractivity contribution is 0.568. The Morgan fingerprint density at radius 1 is 1.33 bits per heavy atom. The summed E-state index contributed by atoms with van der Waals surface area (Å²) in [6.45, 7) is 0. The van der Waals surface area contributed by atoms with Crippen molar-refractivity contribution in [2.24, 2.45) is 0 Å². The molecule has 0 spiro atoms. The molecule has 0 N–H and O–H groups in total. The molecule has 0 aliphatic heterocycles. The van der Waals surface area contributed by atoms with Gasteiger partial charge >= 0.3 is 0 Å². The number of rotatable bonds is 1. The first-order chi connectivity index (χ1) is 5.92. The molecule has 0 saturated heterocycles. The van der Waals surface area contributed by atoms with Gasteiger partial charge in [0.25, 0.3) is 0 Å². The summed E-state index contributed by atoms with van der Waals surface area (Å²) >= 11 is 0. The highest BCUT2D eigenvalue weighted by molar-refractivity contribution is 5.66. The molecule has 0 radical (unpaired) electrons. The van der Waals surface area contributed by atoms with Gasteiger partial charge in [0.15, 0.2) is 0 Å². The van der Waals surface area contributed by atoms with Crippen LogP contribution in [0.2, 0.25) is 0 Å². The van der Waals surface area contributed by atoms with Gasteiger partial charge < -0.3 is 0 Å². The lowest BCUT2D eigenvalue weighted by atomic mass is 10.0. The van der Waals surface area contributed by atoms with E-state index in [1.165, 1.54) is 11.1 Å². The lowest BCUT2D eigenvalue weighted by Crippen LogP contribution is -1.87. The third kappa shape index (κ3) is 1.01. The Kier molecular flexibility index (Phi) is 1.65. The fourth-order valence-corrected chi connectivity index (χ4v) is 1.50. The van der Waals surface area contributed by atoms with Gasteiger partial charge in [-0.1, -0.05) is 36.4 Å². The Labute approximate surface area is 71.0 Å². The highest BCUT2D eigenvalue weighted by atomic mass is 16.1. The van der Waals surface area contributed by atoms with Crippen LogP contribution in [0.1, 0.15) is 17.0 Å². The topological polar surface area (TPSA) is 17.1 Å². The minimum absolute atomic E-state index is 0.138. The minimum Gasteiger partial charge on any atom is -0.234 e. The number of hydrogen-bond donors (Lipinski definition) is 0. The van der Waals surface area contributed by atoms with E-state index in [0.29, 0.717) is 0 Å². The zero-order chi connectivity index (χ0) is 8.39. The van der Waals surface area contributed by atoms with E-state index in [1.54, 1.807) is 6.08 Å². The summed E-state index contributed by atoms with van der Waals surface area (Å²) in [6.07, 6.45) is 5.59. The van der Waals surface area contributed by atoms with Gasteiger partial charge in [-0.05, 0) is 11.1 Å². The first-order valence-electron chi connectivity index (χ1n) is 3.90. The van der Waals surface area contributed by atoms with E-state index in [9.17, 15) is 4.79 Å². The quantitative estimate of drug-likeness (QED) is 0.569. The van der Waals surface area contributed by atoms with Gasteiger partial charge in [-0.25, -0.2) is 4.79 Å². The standard InChI is InChI=1S/C11H8O/c12-8-7-10-6-5-9-3-1-2-4-11(9)10/h1-7,10H. The molecule has 1 aromatic rings. The van der Waals surface area contributed by atoms with Crippen molar-refractivity contribution in [3.8, 4) is 0 Å². The summed E-state index contributed by atoms with van der Waals surface area (Å²) in [7, 11) is 0. The molecular formula is C11H8O. The predicted molar refractivity (Wildman–Crippen MR) is 48.5 cm³/mol. The summed E-state index contributed by atoms with van der Waals surface area (Å²) < 4.78 is 0. The van der Waals surface area contributed by atoms with Crippen LogP contribution in [-0.2, 0) is 4.79 Å². The molecule has 2 rings (SSSR count). The maximum Gasteiger partial charge on any atom is 0.121 e. The van der Waals surface area contributed by atoms with Crippen molar-refractivity contribution in [1.29, 1.82) is 0 Å². The van der Waals surface area contributed by atoms with E-state index in [-0.39, 0.29) is 5.92 Å². The van der Waals surface area contributed by atoms with E-state index in [1.807, 2.05) is 42.4 Å². The Hall–Kier alpha value is -1.59. The fraction of sp³-hybridized carbons (Fsp3) is 0.0909. The van der Waals surface area contributed by atoms with Gasteiger partial charge in [0.05, 0.1) is 0 Å². The molecular weight excluding hydrogens is 148 g/mol. The molecule has 1 heteroatoms. The second kappa shape index (κ2) is 2.80. The summed E-state index contributed by atoms with van der Waals surface area (Å²) in [6, 6.07) is 8.06. The van der Waals surface area contributed by atoms with Gasteiger partial charge in [0.2, 0.25) is 0 Å². The van der Waals surface area contributed by atoms with E-state index in [2.05, 4.69) is 0 Å². The van der Waals surface area contributed by atoms with Crippen LogP contribution in [0.15, 0.2) is 36.4 Å². The average Bonchev–Trinajstić information content (AvgIpc) is 2.50. The van der Waals surface area contributed by atoms with Crippen LogP contribution in [0.5, 0.6) is 0 Å². The molecule has 0 amide bonds. The third-order valence-corrected chi connectivity index (χ3v) is 2.09. The SMILES string of the molecule is O=C=CC1C=Cc2ccccc21. The summed E-state index contributed by atoms with van der Waals surface area (Å²) in [4.78, 5) is 10.2. The van der Waals surface area contributed by atoms with Crippen molar-refractivity contribution in [1.82, 2.24) is 0 Å². The summed E-state index contributed by atoms with van der Waals surface area (Å²) in [5, 5.41) is 0. The van der Waals surface area contributed by atoms with Crippen LogP contribution in [0.25, 0.3) is 6.08 Å². The van der Waals surface area contributed by atoms with E-state index < -0.39 is 0 Å². The fourth-order valence-electron chi connectivity index (χ4n) is 1.50. The van der Waals surface area contributed by atoms with Crippen molar-refractivity contribution in [2.75, 3.05) is 0 Å². The van der Waals surface area contributed by atoms with Gasteiger partial charge in [0, 0.05) is 12.0 Å². The molecule has 1 aliphatic rings. The number of allylic oxidation sites excluding steroid dienone is 2. The molecule has 58 valence electrons. The van der Waals surface area contributed by atoms with Crippen LogP contribution in [0.3, 0.4) is 0 Å². The van der Waals surface area contributed by atoms with E-state index >= 15 is 0 Å². The maximum atomic E-state index is 10.2. The maximum absolute atomic E-state index is 10.2. The largest absolute Gasteiger partial charge is 0.234 e. The number of benzene rings is 1. The van der Waals surface area contributed by atoms with Crippen LogP contribution in [0, 0.1) is 0 Å². The normalized spacial score (nSPS) is 18.5. The van der Waals surface area contributed by atoms with Gasteiger partial charge in [-0.3, -0.25) is 0 Å². The Morgan fingerprint density at radius 2 is 2.17 bits per heavy atom. The number of carbonyl (C=O) groups excluding carboxylic acids is 1. The van der Waals surface area contributed by atoms with Crippen LogP contribution < -0.4 is 0 Å². The first kappa shape index (κ1) is 7.08. The zero-order valence-electron chi connectivity index (χ0n) is 6.53. The van der Waals surface area contributed by atoms with E-state index in [4.69, 9.17) is 0 Å². The number of hydrogen-bond acceptors (Lipinski definition) is 1. The molecule has 1 aliphatic carbocycles. The molecule has 1 aromatic carbocycles. The monoisotopic (exact) mass is 156 g/mol. The highest BCUT2D eigenvalue weighted by Gasteiger charge is 2.13. The predicted octanol–water partition coefficient (Wildman–Crippen LogP) is 2.18. The minimum atomic E-state index is 0.138. The highest BCUT2D eigenvalue weighted by Crippen LogP contribution is 2.29. The molecule has 0 bridgehead atoms. The molecule has 1 nitrogen and oxygen atoms in total. The van der Waals surface area contributed by atoms with E-state index in [0.717, 1.165) is 0 Å². The van der Waals surface area contributed by atoms with Crippen LogP contribution in [-0.4, -0.2) is 5.94 Å². The molecule has 0 fully saturated rings. The second-order valence-electron chi connectivity index (χ2n) is 2.80. The molecule has 0 heterocycles. The Balaban J connectivity index is 2.48. The lowest BCUT2D eigenvalue weighted by Gasteiger charge is -2.02. The van der Waals surface area contributed by atoms with Crippen molar-refractivity contribution in [3.05, 3.63) is 47.5 Å². The van der Waals surface area contributed by atoms with Crippen molar-refractivity contribution < 1.29 is 4.79 Å². The van der Waals surface area contributed by atoms with Gasteiger partial charge in [-0.15, -0.1) is 0 Å². The Morgan fingerprint density at radius 3 is 3.00 bits per heavy atom. The van der Waals surface area contributed by atoms with Gasteiger partial charge in [-0.2, -0.15) is 0 Å². The molecule has 1 atom stereocenters. The summed E-state index contributed by atoms with van der Waals surface area (Å²) in [5.41, 5.74) is 2.40. The van der Waals surface area contributed by atoms with Crippen molar-refractivity contribution in [3.63, 3.8) is 0 Å². The number of fused-ring (bicyclic) bond motifs is 1. The second-order valence-corrected chi connectivity index (χ2v) is 2.80. The van der Waals surface area contributed by atoms with Crippen molar-refractivity contribution >= 4 is 12.0 Å². The van der Waals surface area contributed by atoms with Crippen LogP contribution in [0.4, 0.5) is 0 Å². The third-order valence-electron chi connectivity index (χ3n) is 2.09. The molecule has 0 saturated carbocycles. The first-order valence-corrected chi connectivity index (χ1v) is 3.90. The van der Waals surface area contributed by atoms with Crippen molar-refractivity contribution in [2.45, 2.75) is 5.92 Å². The summed E-state index contributed by atoms with van der Waals surface area (Å²) in [5.74, 6) is 1.96. The van der Waals surface area contributed by atoms with Crippen LogP contribution >= 0.6 is 0 Å². The zero-order valence-corrected chi connectivity index (χ0v) is 6.53. The average molecular weight is 156 g/mol. The Bertz CT molecular complexity index is 370.